The largest absolute Gasteiger partial charge is 0.468 e. The van der Waals surface area contributed by atoms with E-state index in [0.717, 1.165) is 14.2 Å². The highest BCUT2D eigenvalue weighted by Gasteiger charge is 2.20. The Balaban J connectivity index is 4.19. The van der Waals surface area contributed by atoms with Crippen LogP contribution in [0.15, 0.2) is 0 Å². The van der Waals surface area contributed by atoms with Gasteiger partial charge in [0.2, 0.25) is 0 Å². The van der Waals surface area contributed by atoms with Crippen LogP contribution in [0.2, 0.25) is 0 Å². The lowest BCUT2D eigenvalue weighted by atomic mass is 10.4. The molecule has 0 spiro atoms. The Morgan fingerprint density at radius 2 is 1.88 bits per heavy atom. The topological polar surface area (TPSA) is 111 Å². The number of halogens is 1. The van der Waals surface area contributed by atoms with Crippen LogP contribution in [0.1, 0.15) is 0 Å². The fraction of sp³-hybridized carbons (Fsp3) is 0.667. The van der Waals surface area contributed by atoms with Gasteiger partial charge in [-0.3, -0.25) is 4.79 Å². The lowest BCUT2D eigenvalue weighted by molar-refractivity contribution is -0.139. The first-order chi connectivity index (χ1) is 7.32. The van der Waals surface area contributed by atoms with Gasteiger partial charge in [-0.15, -0.1) is 0 Å². The molecule has 0 bridgehead atoms. The molecule has 0 radical (unpaired) electrons. The molecule has 0 aromatic carbocycles. The van der Waals surface area contributed by atoms with Gasteiger partial charge < -0.3 is 9.47 Å². The third-order valence-electron chi connectivity index (χ3n) is 1.31. The molecule has 2 N–H and O–H groups in total. The molecule has 8 nitrogen and oxygen atoms in total. The summed E-state index contributed by atoms with van der Waals surface area (Å²) in [6.45, 7) is -0.265. The second-order valence-electron chi connectivity index (χ2n) is 2.44. The summed E-state index contributed by atoms with van der Waals surface area (Å²) in [6.07, 6.45) is -1.13. The quantitative estimate of drug-likeness (QED) is 0.502. The van der Waals surface area contributed by atoms with Crippen LogP contribution in [0, 0.1) is 0 Å². The van der Waals surface area contributed by atoms with Crippen LogP contribution in [0.25, 0.3) is 0 Å². The van der Waals surface area contributed by atoms with Crippen molar-refractivity contribution in [2.24, 2.45) is 0 Å². The molecule has 10 heteroatoms. The number of alkyl halides is 1. The van der Waals surface area contributed by atoms with Crippen LogP contribution in [-0.2, 0) is 24.5 Å². The van der Waals surface area contributed by atoms with Crippen molar-refractivity contribution in [3.63, 3.8) is 0 Å². The molecule has 0 saturated heterocycles. The Kier molecular flexibility index (Phi) is 6.29. The maximum atomic E-state index is 11.1. The molecule has 0 rings (SSSR count). The number of ether oxygens (including phenoxy) is 2. The van der Waals surface area contributed by atoms with E-state index in [1.54, 1.807) is 4.72 Å². The number of nitrogens with one attached hydrogen (secondary N) is 2. The standard InChI is InChI=1S/C6H11BrN2O6S/c1-14-5(10)4(7)3-8-16(12,13)9-6(11)15-2/h4,8H,3H2,1-2H3,(H,9,11). The van der Waals surface area contributed by atoms with Crippen molar-refractivity contribution in [2.45, 2.75) is 4.83 Å². The van der Waals surface area contributed by atoms with E-state index >= 15 is 0 Å². The van der Waals surface area contributed by atoms with Crippen molar-refractivity contribution in [2.75, 3.05) is 20.8 Å². The second-order valence-corrected chi connectivity index (χ2v) is 5.04. The zero-order valence-corrected chi connectivity index (χ0v) is 10.9. The maximum absolute atomic E-state index is 11.1. The minimum atomic E-state index is -4.04. The average molecular weight is 319 g/mol. The maximum Gasteiger partial charge on any atom is 0.421 e. The fourth-order valence-electron chi connectivity index (χ4n) is 0.582. The number of carbonyl (C=O) groups is 2. The van der Waals surface area contributed by atoms with Crippen molar-refractivity contribution >= 4 is 38.2 Å². The van der Waals surface area contributed by atoms with Gasteiger partial charge in [-0.05, 0) is 0 Å². The number of methoxy groups -OCH3 is 2. The molecule has 1 unspecified atom stereocenters. The Morgan fingerprint density at radius 1 is 1.31 bits per heavy atom. The second kappa shape index (κ2) is 6.66. The van der Waals surface area contributed by atoms with Gasteiger partial charge in [0.15, 0.2) is 0 Å². The van der Waals surface area contributed by atoms with Crippen molar-refractivity contribution in [1.29, 1.82) is 0 Å². The van der Waals surface area contributed by atoms with Gasteiger partial charge >= 0.3 is 22.3 Å². The summed E-state index contributed by atoms with van der Waals surface area (Å²) >= 11 is 2.89. The molecule has 0 heterocycles. The molecule has 0 aliphatic heterocycles. The molecule has 1 amide bonds. The van der Waals surface area contributed by atoms with E-state index in [1.807, 2.05) is 4.72 Å². The van der Waals surface area contributed by atoms with Crippen molar-refractivity contribution in [3.05, 3.63) is 0 Å². The molecule has 0 aromatic heterocycles. The van der Waals surface area contributed by atoms with Gasteiger partial charge in [0, 0.05) is 6.54 Å². The molecule has 0 aliphatic rings. The number of hydrogen-bond acceptors (Lipinski definition) is 6. The summed E-state index contributed by atoms with van der Waals surface area (Å²) < 4.78 is 34.2. The average Bonchev–Trinajstić information content (AvgIpc) is 2.24. The third kappa shape index (κ3) is 5.88. The predicted molar refractivity (Wildman–Crippen MR) is 57.2 cm³/mol. The fourth-order valence-corrected chi connectivity index (χ4v) is 1.91. The summed E-state index contributed by atoms with van der Waals surface area (Å²) in [7, 11) is -1.86. The number of hydrogen-bond donors (Lipinski definition) is 2. The Morgan fingerprint density at radius 3 is 2.31 bits per heavy atom. The molecule has 16 heavy (non-hydrogen) atoms. The van der Waals surface area contributed by atoms with E-state index in [9.17, 15) is 18.0 Å². The Bertz CT molecular complexity index is 356. The first-order valence-electron chi connectivity index (χ1n) is 3.89. The van der Waals surface area contributed by atoms with Gasteiger partial charge in [-0.1, -0.05) is 15.9 Å². The predicted octanol–water partition coefficient (Wildman–Crippen LogP) is -0.887. The molecule has 0 saturated carbocycles. The van der Waals surface area contributed by atoms with E-state index in [1.165, 1.54) is 0 Å². The minimum Gasteiger partial charge on any atom is -0.468 e. The van der Waals surface area contributed by atoms with E-state index < -0.39 is 27.1 Å². The number of amides is 1. The van der Waals surface area contributed by atoms with Crippen LogP contribution in [0.4, 0.5) is 4.79 Å². The van der Waals surface area contributed by atoms with E-state index in [2.05, 4.69) is 25.4 Å². The molecule has 0 aliphatic carbocycles. The van der Waals surface area contributed by atoms with Crippen LogP contribution in [-0.4, -0.2) is 46.1 Å². The summed E-state index contributed by atoms with van der Waals surface area (Å²) in [6, 6.07) is 0. The monoisotopic (exact) mass is 318 g/mol. The Hall–Kier alpha value is -0.870. The SMILES string of the molecule is COC(=O)NS(=O)(=O)NCC(Br)C(=O)OC. The van der Waals surface area contributed by atoms with Crippen LogP contribution >= 0.6 is 15.9 Å². The lowest BCUT2D eigenvalue weighted by Gasteiger charge is -2.09. The van der Waals surface area contributed by atoms with E-state index in [4.69, 9.17) is 0 Å². The normalized spacial score (nSPS) is 12.7. The van der Waals surface area contributed by atoms with Gasteiger partial charge in [-0.25, -0.2) is 9.52 Å². The molecular formula is C6H11BrN2O6S. The minimum absolute atomic E-state index is 0.265. The molecule has 0 fully saturated rings. The van der Waals surface area contributed by atoms with Gasteiger partial charge in [0.25, 0.3) is 0 Å². The van der Waals surface area contributed by atoms with Crippen LogP contribution in [0.3, 0.4) is 0 Å². The number of carbonyl (C=O) groups excluding carboxylic acids is 2. The molecular weight excluding hydrogens is 308 g/mol. The first-order valence-corrected chi connectivity index (χ1v) is 6.29. The van der Waals surface area contributed by atoms with Crippen LogP contribution in [0.5, 0.6) is 0 Å². The zero-order valence-electron chi connectivity index (χ0n) is 8.52. The van der Waals surface area contributed by atoms with Crippen molar-refractivity contribution in [1.82, 2.24) is 9.44 Å². The summed E-state index contributed by atoms with van der Waals surface area (Å²) in [5.41, 5.74) is 0. The molecule has 1 atom stereocenters. The third-order valence-corrected chi connectivity index (χ3v) is 2.99. The Labute approximate surface area is 101 Å². The number of esters is 1. The van der Waals surface area contributed by atoms with Crippen molar-refractivity contribution < 1.29 is 27.5 Å². The number of rotatable bonds is 5. The van der Waals surface area contributed by atoms with Crippen molar-refractivity contribution in [3.8, 4) is 0 Å². The van der Waals surface area contributed by atoms with E-state index in [0.29, 0.717) is 0 Å². The highest BCUT2D eigenvalue weighted by Crippen LogP contribution is 2.00. The van der Waals surface area contributed by atoms with Gasteiger partial charge in [-0.2, -0.15) is 13.1 Å². The summed E-state index contributed by atoms with van der Waals surface area (Å²) in [4.78, 5) is 20.7. The highest BCUT2D eigenvalue weighted by molar-refractivity contribution is 9.10. The van der Waals surface area contributed by atoms with Gasteiger partial charge in [0.05, 0.1) is 14.2 Å². The van der Waals surface area contributed by atoms with Gasteiger partial charge in [0.1, 0.15) is 4.83 Å². The van der Waals surface area contributed by atoms with E-state index in [-0.39, 0.29) is 6.54 Å². The smallest absolute Gasteiger partial charge is 0.421 e. The van der Waals surface area contributed by atoms with Crippen LogP contribution < -0.4 is 9.44 Å². The summed E-state index contributed by atoms with van der Waals surface area (Å²) in [5, 5.41) is 0. The molecule has 0 aromatic rings. The first kappa shape index (κ1) is 15.1. The zero-order chi connectivity index (χ0) is 12.8. The highest BCUT2D eigenvalue weighted by atomic mass is 79.9. The molecule has 94 valence electrons. The summed E-state index contributed by atoms with van der Waals surface area (Å²) in [5.74, 6) is -0.638. The lowest BCUT2D eigenvalue weighted by Crippen LogP contribution is -2.43.